The molecule has 2 heterocycles. The summed E-state index contributed by atoms with van der Waals surface area (Å²) >= 11 is 0. The fourth-order valence-corrected chi connectivity index (χ4v) is 3.78. The van der Waals surface area contributed by atoms with Crippen LogP contribution in [0, 0.1) is 5.92 Å². The van der Waals surface area contributed by atoms with Crippen LogP contribution >= 0.6 is 0 Å². The van der Waals surface area contributed by atoms with Gasteiger partial charge in [0.05, 0.1) is 32.3 Å². The standard InChI is InChI=1S/C22H26N2O4/c1-26-20-8-7-17(9-21(20)28-13-16-5-3-2-4-6-16)10-24-11-18-14-27-15-19(12-24)23-22(18)25/h2-9,18-19H,10-15H2,1H3,(H,23,25)/t18-,19+/m1/s1. The molecule has 6 heteroatoms. The van der Waals surface area contributed by atoms with Crippen molar-refractivity contribution in [3.63, 3.8) is 0 Å². The second-order valence-electron chi connectivity index (χ2n) is 7.39. The summed E-state index contributed by atoms with van der Waals surface area (Å²) in [4.78, 5) is 14.5. The van der Waals surface area contributed by atoms with Gasteiger partial charge in [-0.05, 0) is 23.3 Å². The number of benzene rings is 2. The first kappa shape index (κ1) is 18.8. The molecule has 0 unspecified atom stereocenters. The average Bonchev–Trinajstić information content (AvgIpc) is 2.96. The first-order valence-corrected chi connectivity index (χ1v) is 9.65. The van der Waals surface area contributed by atoms with Gasteiger partial charge in [0.15, 0.2) is 11.5 Å². The van der Waals surface area contributed by atoms with Crippen LogP contribution in [0.1, 0.15) is 11.1 Å². The molecule has 0 aromatic heterocycles. The lowest BCUT2D eigenvalue weighted by Crippen LogP contribution is -2.41. The minimum absolute atomic E-state index is 0.0482. The fraction of sp³-hybridized carbons (Fsp3) is 0.409. The summed E-state index contributed by atoms with van der Waals surface area (Å²) in [6.07, 6.45) is 0. The van der Waals surface area contributed by atoms with Gasteiger partial charge >= 0.3 is 0 Å². The third kappa shape index (κ3) is 4.46. The summed E-state index contributed by atoms with van der Waals surface area (Å²) in [5, 5.41) is 3.07. The third-order valence-corrected chi connectivity index (χ3v) is 5.18. The zero-order valence-corrected chi connectivity index (χ0v) is 16.1. The number of nitrogens with one attached hydrogen (secondary N) is 1. The van der Waals surface area contributed by atoms with E-state index >= 15 is 0 Å². The molecule has 6 nitrogen and oxygen atoms in total. The molecule has 2 bridgehead atoms. The van der Waals surface area contributed by atoms with Gasteiger partial charge < -0.3 is 19.5 Å². The van der Waals surface area contributed by atoms with Gasteiger partial charge in [0, 0.05) is 19.6 Å². The molecule has 2 aromatic rings. The number of methoxy groups -OCH3 is 1. The van der Waals surface area contributed by atoms with E-state index in [0.717, 1.165) is 35.7 Å². The van der Waals surface area contributed by atoms with Crippen LogP contribution in [-0.4, -0.2) is 50.3 Å². The highest BCUT2D eigenvalue weighted by atomic mass is 16.5. The summed E-state index contributed by atoms with van der Waals surface area (Å²) in [6.45, 7) is 3.81. The van der Waals surface area contributed by atoms with E-state index in [4.69, 9.17) is 14.2 Å². The average molecular weight is 382 g/mol. The summed E-state index contributed by atoms with van der Waals surface area (Å²) in [5.41, 5.74) is 2.25. The van der Waals surface area contributed by atoms with Crippen molar-refractivity contribution in [3.8, 4) is 11.5 Å². The fourth-order valence-electron chi connectivity index (χ4n) is 3.78. The summed E-state index contributed by atoms with van der Waals surface area (Å²) in [5.74, 6) is 1.44. The van der Waals surface area contributed by atoms with E-state index in [0.29, 0.717) is 26.4 Å². The number of hydrogen-bond donors (Lipinski definition) is 1. The number of hydrogen-bond acceptors (Lipinski definition) is 5. The predicted molar refractivity (Wildman–Crippen MR) is 105 cm³/mol. The lowest BCUT2D eigenvalue weighted by molar-refractivity contribution is -0.125. The van der Waals surface area contributed by atoms with E-state index in [1.165, 1.54) is 0 Å². The van der Waals surface area contributed by atoms with E-state index in [2.05, 4.69) is 16.3 Å². The number of nitrogens with zero attached hydrogens (tertiary/aromatic N) is 1. The maximum atomic E-state index is 12.2. The molecule has 0 saturated carbocycles. The van der Waals surface area contributed by atoms with Crippen LogP contribution in [0.15, 0.2) is 48.5 Å². The number of carbonyl (C=O) groups is 1. The van der Waals surface area contributed by atoms with Crippen LogP contribution in [0.3, 0.4) is 0 Å². The molecule has 2 aliphatic heterocycles. The molecular formula is C22H26N2O4. The van der Waals surface area contributed by atoms with Crippen molar-refractivity contribution in [3.05, 3.63) is 59.7 Å². The maximum Gasteiger partial charge on any atom is 0.227 e. The van der Waals surface area contributed by atoms with Crippen molar-refractivity contribution in [1.29, 1.82) is 0 Å². The molecule has 0 aliphatic carbocycles. The van der Waals surface area contributed by atoms with Crippen LogP contribution in [0.4, 0.5) is 0 Å². The van der Waals surface area contributed by atoms with Crippen LogP contribution < -0.4 is 14.8 Å². The SMILES string of the molecule is COc1ccc(CN2C[C@H]3COC[C@@H](C2)C(=O)N3)cc1OCc1ccccc1. The highest BCUT2D eigenvalue weighted by Crippen LogP contribution is 2.30. The molecule has 2 atom stereocenters. The number of ether oxygens (including phenoxy) is 3. The number of carbonyl (C=O) groups excluding carboxylic acids is 1. The summed E-state index contributed by atoms with van der Waals surface area (Å²) < 4.78 is 17.1. The molecule has 1 N–H and O–H groups in total. The zero-order chi connectivity index (χ0) is 19.3. The Morgan fingerprint density at radius 2 is 1.93 bits per heavy atom. The predicted octanol–water partition coefficient (Wildman–Crippen LogP) is 2.22. The number of amides is 1. The topological polar surface area (TPSA) is 60.0 Å². The number of rotatable bonds is 6. The number of fused-ring (bicyclic) bond motifs is 3. The molecule has 4 rings (SSSR count). The normalized spacial score (nSPS) is 22.2. The molecule has 148 valence electrons. The van der Waals surface area contributed by atoms with E-state index in [1.54, 1.807) is 7.11 Å². The highest BCUT2D eigenvalue weighted by molar-refractivity contribution is 5.80. The molecule has 0 radical (unpaired) electrons. The molecule has 2 saturated heterocycles. The van der Waals surface area contributed by atoms with Crippen molar-refractivity contribution in [2.75, 3.05) is 33.4 Å². The quantitative estimate of drug-likeness (QED) is 0.830. The van der Waals surface area contributed by atoms with Crippen LogP contribution in [0.25, 0.3) is 0 Å². The van der Waals surface area contributed by atoms with Gasteiger partial charge in [0.2, 0.25) is 5.91 Å². The van der Waals surface area contributed by atoms with Gasteiger partial charge in [-0.15, -0.1) is 0 Å². The Labute approximate surface area is 165 Å². The first-order valence-electron chi connectivity index (χ1n) is 9.65. The third-order valence-electron chi connectivity index (χ3n) is 5.18. The lowest BCUT2D eigenvalue weighted by Gasteiger charge is -2.27. The van der Waals surface area contributed by atoms with Crippen LogP contribution in [-0.2, 0) is 22.7 Å². The largest absolute Gasteiger partial charge is 0.493 e. The highest BCUT2D eigenvalue weighted by Gasteiger charge is 2.33. The Kier molecular flexibility index (Phi) is 5.78. The molecule has 2 aliphatic rings. The van der Waals surface area contributed by atoms with E-state index in [9.17, 15) is 4.79 Å². The van der Waals surface area contributed by atoms with Crippen molar-refractivity contribution >= 4 is 5.91 Å². The molecule has 28 heavy (non-hydrogen) atoms. The first-order chi connectivity index (χ1) is 13.7. The van der Waals surface area contributed by atoms with Gasteiger partial charge in [-0.25, -0.2) is 0 Å². The van der Waals surface area contributed by atoms with E-state index < -0.39 is 0 Å². The van der Waals surface area contributed by atoms with E-state index in [1.807, 2.05) is 42.5 Å². The van der Waals surface area contributed by atoms with Gasteiger partial charge in [-0.1, -0.05) is 36.4 Å². The minimum atomic E-state index is -0.112. The molecule has 2 aromatic carbocycles. The Morgan fingerprint density at radius 3 is 2.75 bits per heavy atom. The Bertz CT molecular complexity index is 811. The van der Waals surface area contributed by atoms with Crippen molar-refractivity contribution in [1.82, 2.24) is 10.2 Å². The summed E-state index contributed by atoms with van der Waals surface area (Å²) in [6, 6.07) is 16.2. The molecule has 2 fully saturated rings. The molecule has 0 spiro atoms. The lowest BCUT2D eigenvalue weighted by atomic mass is 10.1. The van der Waals surface area contributed by atoms with Crippen molar-refractivity contribution in [2.45, 2.75) is 19.2 Å². The molecule has 1 amide bonds. The second kappa shape index (κ2) is 8.63. The van der Waals surface area contributed by atoms with Crippen molar-refractivity contribution < 1.29 is 19.0 Å². The van der Waals surface area contributed by atoms with Gasteiger partial charge in [0.25, 0.3) is 0 Å². The summed E-state index contributed by atoms with van der Waals surface area (Å²) in [7, 11) is 1.65. The maximum absolute atomic E-state index is 12.2. The Balaban J connectivity index is 1.46. The van der Waals surface area contributed by atoms with Crippen LogP contribution in [0.2, 0.25) is 0 Å². The molecular weight excluding hydrogens is 356 g/mol. The van der Waals surface area contributed by atoms with Gasteiger partial charge in [0.1, 0.15) is 6.61 Å². The van der Waals surface area contributed by atoms with E-state index in [-0.39, 0.29) is 17.9 Å². The van der Waals surface area contributed by atoms with Crippen LogP contribution in [0.5, 0.6) is 11.5 Å². The minimum Gasteiger partial charge on any atom is -0.493 e. The van der Waals surface area contributed by atoms with Crippen molar-refractivity contribution in [2.24, 2.45) is 5.92 Å². The zero-order valence-electron chi connectivity index (χ0n) is 16.1. The van der Waals surface area contributed by atoms with Gasteiger partial charge in [-0.3, -0.25) is 9.69 Å². The monoisotopic (exact) mass is 382 g/mol. The second-order valence-corrected chi connectivity index (χ2v) is 7.39. The Morgan fingerprint density at radius 1 is 1.07 bits per heavy atom. The smallest absolute Gasteiger partial charge is 0.227 e. The van der Waals surface area contributed by atoms with Gasteiger partial charge in [-0.2, -0.15) is 0 Å². The Hall–Kier alpha value is -2.57.